The van der Waals surface area contributed by atoms with Crippen LogP contribution in [-0.4, -0.2) is 41.8 Å². The number of likely N-dealkylation sites (tertiary alicyclic amines) is 1. The van der Waals surface area contributed by atoms with E-state index in [0.29, 0.717) is 30.5 Å². The Morgan fingerprint density at radius 2 is 1.62 bits per heavy atom. The minimum absolute atomic E-state index is 0.0477. The fourth-order valence-electron chi connectivity index (χ4n) is 3.61. The lowest BCUT2D eigenvalue weighted by Crippen LogP contribution is -2.36. The molecule has 5 heteroatoms. The predicted octanol–water partition coefficient (Wildman–Crippen LogP) is 3.49. The quantitative estimate of drug-likeness (QED) is 0.779. The van der Waals surface area contributed by atoms with E-state index in [4.69, 9.17) is 9.47 Å². The number of rotatable bonds is 2. The van der Waals surface area contributed by atoms with Crippen LogP contribution in [0.3, 0.4) is 0 Å². The third kappa shape index (κ3) is 3.89. The van der Waals surface area contributed by atoms with Crippen LogP contribution in [0.5, 0.6) is 0 Å². The monoisotopic (exact) mass is 331 g/mol. The number of ether oxygens (including phenoxy) is 2. The molecule has 0 N–H and O–H groups in total. The fraction of sp³-hybridized carbons (Fsp3) is 0.579. The van der Waals surface area contributed by atoms with Crippen LogP contribution in [0.1, 0.15) is 44.0 Å². The van der Waals surface area contributed by atoms with Crippen molar-refractivity contribution in [1.29, 1.82) is 0 Å². The SMILES string of the molecule is CC(C)(C)OC(=O)N1C[C@H]2CC(OC(=O)c3ccccc3)C[C@H]2C1. The second-order valence-electron chi connectivity index (χ2n) is 7.77. The van der Waals surface area contributed by atoms with Gasteiger partial charge in [0.25, 0.3) is 0 Å². The number of fused-ring (bicyclic) bond motifs is 1. The molecule has 1 aliphatic carbocycles. The molecule has 1 aromatic rings. The number of carbonyl (C=O) groups is 2. The Kier molecular flexibility index (Phi) is 4.52. The molecule has 3 rings (SSSR count). The van der Waals surface area contributed by atoms with Crippen molar-refractivity contribution in [2.24, 2.45) is 11.8 Å². The van der Waals surface area contributed by atoms with E-state index in [-0.39, 0.29) is 18.2 Å². The maximum Gasteiger partial charge on any atom is 0.410 e. The first kappa shape index (κ1) is 16.8. The Bertz CT molecular complexity index is 594. The topological polar surface area (TPSA) is 55.8 Å². The van der Waals surface area contributed by atoms with E-state index < -0.39 is 5.60 Å². The zero-order valence-corrected chi connectivity index (χ0v) is 14.5. The molecule has 0 spiro atoms. The minimum Gasteiger partial charge on any atom is -0.459 e. The second-order valence-corrected chi connectivity index (χ2v) is 7.77. The number of amides is 1. The summed E-state index contributed by atoms with van der Waals surface area (Å²) in [5.74, 6) is 0.529. The molecule has 0 bridgehead atoms. The van der Waals surface area contributed by atoms with Crippen molar-refractivity contribution in [2.45, 2.75) is 45.3 Å². The van der Waals surface area contributed by atoms with Gasteiger partial charge in [0.15, 0.2) is 0 Å². The van der Waals surface area contributed by atoms with Gasteiger partial charge >= 0.3 is 12.1 Å². The number of benzene rings is 1. The summed E-state index contributed by atoms with van der Waals surface area (Å²) in [5, 5.41) is 0. The van der Waals surface area contributed by atoms with Gasteiger partial charge in [-0.15, -0.1) is 0 Å². The first-order valence-electron chi connectivity index (χ1n) is 8.56. The molecule has 1 aliphatic heterocycles. The van der Waals surface area contributed by atoms with Gasteiger partial charge in [-0.1, -0.05) is 18.2 Å². The van der Waals surface area contributed by atoms with E-state index >= 15 is 0 Å². The largest absolute Gasteiger partial charge is 0.459 e. The summed E-state index contributed by atoms with van der Waals surface area (Å²) in [7, 11) is 0. The average molecular weight is 331 g/mol. The Labute approximate surface area is 142 Å². The van der Waals surface area contributed by atoms with Crippen LogP contribution in [0.15, 0.2) is 30.3 Å². The molecule has 2 fully saturated rings. The highest BCUT2D eigenvalue weighted by atomic mass is 16.6. The molecular formula is C19H25NO4. The zero-order chi connectivity index (χ0) is 17.3. The van der Waals surface area contributed by atoms with Gasteiger partial charge < -0.3 is 14.4 Å². The van der Waals surface area contributed by atoms with Gasteiger partial charge in [0.1, 0.15) is 11.7 Å². The van der Waals surface area contributed by atoms with Gasteiger partial charge in [-0.25, -0.2) is 9.59 Å². The molecule has 1 saturated carbocycles. The van der Waals surface area contributed by atoms with E-state index in [1.807, 2.05) is 39.0 Å². The zero-order valence-electron chi connectivity index (χ0n) is 14.5. The third-order valence-electron chi connectivity index (χ3n) is 4.64. The van der Waals surface area contributed by atoms with Crippen LogP contribution < -0.4 is 0 Å². The molecule has 0 aromatic heterocycles. The lowest BCUT2D eigenvalue weighted by Gasteiger charge is -2.25. The number of esters is 1. The Balaban J connectivity index is 1.50. The molecule has 130 valence electrons. The van der Waals surface area contributed by atoms with E-state index in [2.05, 4.69) is 0 Å². The van der Waals surface area contributed by atoms with Gasteiger partial charge in [0.05, 0.1) is 5.56 Å². The van der Waals surface area contributed by atoms with Crippen LogP contribution in [-0.2, 0) is 9.47 Å². The maximum absolute atomic E-state index is 12.2. The highest BCUT2D eigenvalue weighted by Crippen LogP contribution is 2.40. The Hall–Kier alpha value is -2.04. The fourth-order valence-corrected chi connectivity index (χ4v) is 3.61. The molecule has 1 saturated heterocycles. The predicted molar refractivity (Wildman–Crippen MR) is 89.7 cm³/mol. The highest BCUT2D eigenvalue weighted by Gasteiger charge is 2.44. The maximum atomic E-state index is 12.2. The first-order valence-corrected chi connectivity index (χ1v) is 8.56. The average Bonchev–Trinajstić information content (AvgIpc) is 3.04. The van der Waals surface area contributed by atoms with E-state index in [1.54, 1.807) is 17.0 Å². The molecule has 1 unspecified atom stereocenters. The van der Waals surface area contributed by atoms with E-state index in [1.165, 1.54) is 0 Å². The molecule has 1 aromatic carbocycles. The summed E-state index contributed by atoms with van der Waals surface area (Å²) in [6.07, 6.45) is 1.36. The standard InChI is InChI=1S/C19H25NO4/c1-19(2,3)24-18(22)20-11-14-9-16(10-15(14)12-20)23-17(21)13-7-5-4-6-8-13/h4-8,14-16H,9-12H2,1-3H3/t14-,15+,16?. The van der Waals surface area contributed by atoms with Crippen LogP contribution in [0, 0.1) is 11.8 Å². The first-order chi connectivity index (χ1) is 11.3. The van der Waals surface area contributed by atoms with Gasteiger partial charge in [-0.3, -0.25) is 0 Å². The van der Waals surface area contributed by atoms with E-state index in [0.717, 1.165) is 12.8 Å². The number of carbonyl (C=O) groups excluding carboxylic acids is 2. The van der Waals surface area contributed by atoms with Crippen molar-refractivity contribution in [3.8, 4) is 0 Å². The van der Waals surface area contributed by atoms with Crippen LogP contribution in [0.4, 0.5) is 4.79 Å². The van der Waals surface area contributed by atoms with Gasteiger partial charge in [-0.05, 0) is 57.6 Å². The second kappa shape index (κ2) is 6.46. The third-order valence-corrected chi connectivity index (χ3v) is 4.64. The van der Waals surface area contributed by atoms with Gasteiger partial charge in [0.2, 0.25) is 0 Å². The van der Waals surface area contributed by atoms with Gasteiger partial charge in [0, 0.05) is 13.1 Å². The number of hydrogen-bond donors (Lipinski definition) is 0. The normalized spacial score (nSPS) is 26.1. The van der Waals surface area contributed by atoms with Crippen LogP contribution >= 0.6 is 0 Å². The highest BCUT2D eigenvalue weighted by molar-refractivity contribution is 5.89. The Morgan fingerprint density at radius 1 is 1.04 bits per heavy atom. The summed E-state index contributed by atoms with van der Waals surface area (Å²) in [4.78, 5) is 26.1. The summed E-state index contributed by atoms with van der Waals surface area (Å²) >= 11 is 0. The van der Waals surface area contributed by atoms with Crippen molar-refractivity contribution in [1.82, 2.24) is 4.90 Å². The summed E-state index contributed by atoms with van der Waals surface area (Å²) in [6, 6.07) is 9.07. The smallest absolute Gasteiger partial charge is 0.410 e. The van der Waals surface area contributed by atoms with Crippen LogP contribution in [0.25, 0.3) is 0 Å². The van der Waals surface area contributed by atoms with Crippen molar-refractivity contribution < 1.29 is 19.1 Å². The number of hydrogen-bond acceptors (Lipinski definition) is 4. The molecule has 2 aliphatic rings. The summed E-state index contributed by atoms with van der Waals surface area (Å²) < 4.78 is 11.1. The molecule has 24 heavy (non-hydrogen) atoms. The van der Waals surface area contributed by atoms with Crippen molar-refractivity contribution in [2.75, 3.05) is 13.1 Å². The molecule has 0 radical (unpaired) electrons. The minimum atomic E-state index is -0.470. The van der Waals surface area contributed by atoms with Crippen LogP contribution in [0.2, 0.25) is 0 Å². The number of nitrogens with zero attached hydrogens (tertiary/aromatic N) is 1. The molecular weight excluding hydrogens is 306 g/mol. The molecule has 5 nitrogen and oxygen atoms in total. The molecule has 1 heterocycles. The Morgan fingerprint density at radius 3 is 2.17 bits per heavy atom. The lowest BCUT2D eigenvalue weighted by molar-refractivity contribution is 0.0208. The summed E-state index contributed by atoms with van der Waals surface area (Å²) in [6.45, 7) is 7.01. The molecule has 3 atom stereocenters. The van der Waals surface area contributed by atoms with E-state index in [9.17, 15) is 9.59 Å². The lowest BCUT2D eigenvalue weighted by atomic mass is 10.0. The van der Waals surface area contributed by atoms with Gasteiger partial charge in [-0.2, -0.15) is 0 Å². The van der Waals surface area contributed by atoms with Crippen molar-refractivity contribution in [3.05, 3.63) is 35.9 Å². The van der Waals surface area contributed by atoms with Crippen molar-refractivity contribution in [3.63, 3.8) is 0 Å². The summed E-state index contributed by atoms with van der Waals surface area (Å²) in [5.41, 5.74) is 0.118. The molecule has 1 amide bonds. The van der Waals surface area contributed by atoms with Crippen molar-refractivity contribution >= 4 is 12.1 Å².